The number of pyridine rings is 1. The van der Waals surface area contributed by atoms with E-state index in [4.69, 9.17) is 0 Å². The average Bonchev–Trinajstić information content (AvgIpc) is 2.87. The van der Waals surface area contributed by atoms with E-state index in [1.165, 1.54) is 18.5 Å². The number of nitrogens with one attached hydrogen (secondary N) is 2. The van der Waals surface area contributed by atoms with Gasteiger partial charge in [0.1, 0.15) is 10.6 Å². The van der Waals surface area contributed by atoms with Gasteiger partial charge in [-0.15, -0.1) is 0 Å². The standard InChI is InChI=1S/C26H27N5O4S/c32-19-10-7-17(8-11-19)14-18-9-12-20(33)15-24(18)30-25-26(29-23-6-2-1-5-22(23)28-25)31-36(34,35)21-4-3-13-27-16-21/h1-6,9,12-13,15-17,19,32-33H,7-8,10-11,14H2,(H,28,30)(H,29,31). The number of benzene rings is 2. The van der Waals surface area contributed by atoms with Crippen LogP contribution < -0.4 is 10.0 Å². The number of aromatic nitrogens is 3. The van der Waals surface area contributed by atoms with Gasteiger partial charge in [-0.3, -0.25) is 9.71 Å². The molecule has 0 aliphatic heterocycles. The van der Waals surface area contributed by atoms with Crippen molar-refractivity contribution in [1.29, 1.82) is 0 Å². The molecular formula is C26H27N5O4S. The summed E-state index contributed by atoms with van der Waals surface area (Å²) < 4.78 is 28.6. The molecule has 2 aromatic carbocycles. The van der Waals surface area contributed by atoms with E-state index in [2.05, 4.69) is 25.0 Å². The fourth-order valence-electron chi connectivity index (χ4n) is 4.50. The van der Waals surface area contributed by atoms with Crippen molar-refractivity contribution in [1.82, 2.24) is 15.0 Å². The van der Waals surface area contributed by atoms with Crippen molar-refractivity contribution in [2.45, 2.75) is 43.1 Å². The Hall–Kier alpha value is -3.76. The van der Waals surface area contributed by atoms with Crippen LogP contribution in [-0.2, 0) is 16.4 Å². The number of hydrogen-bond acceptors (Lipinski definition) is 8. The van der Waals surface area contributed by atoms with Crippen LogP contribution in [0.15, 0.2) is 71.9 Å². The summed E-state index contributed by atoms with van der Waals surface area (Å²) in [5, 5.41) is 23.3. The van der Waals surface area contributed by atoms with Gasteiger partial charge in [0.05, 0.1) is 17.1 Å². The Balaban J connectivity index is 1.51. The summed E-state index contributed by atoms with van der Waals surface area (Å²) in [6.45, 7) is 0. The molecule has 36 heavy (non-hydrogen) atoms. The largest absolute Gasteiger partial charge is 0.508 e. The molecule has 4 aromatic rings. The Morgan fingerprint density at radius 3 is 2.33 bits per heavy atom. The normalized spacial score (nSPS) is 18.1. The topological polar surface area (TPSA) is 137 Å². The van der Waals surface area contributed by atoms with E-state index in [1.54, 1.807) is 36.4 Å². The van der Waals surface area contributed by atoms with Gasteiger partial charge in [0, 0.05) is 24.1 Å². The second-order valence-corrected chi connectivity index (χ2v) is 10.7. The fraction of sp³-hybridized carbons (Fsp3) is 0.269. The fourth-order valence-corrected chi connectivity index (χ4v) is 5.47. The first-order chi connectivity index (χ1) is 17.4. The SMILES string of the molecule is O=S(=O)(Nc1nc2ccccc2nc1Nc1cc(O)ccc1CC1CCC(O)CC1)c1cccnc1. The number of para-hydroxylation sites is 2. The van der Waals surface area contributed by atoms with Crippen molar-refractivity contribution >= 4 is 38.4 Å². The first-order valence-electron chi connectivity index (χ1n) is 11.8. The molecule has 0 amide bonds. The van der Waals surface area contributed by atoms with Gasteiger partial charge >= 0.3 is 0 Å². The number of rotatable bonds is 7. The molecule has 1 aliphatic carbocycles. The lowest BCUT2D eigenvalue weighted by molar-refractivity contribution is 0.109. The molecule has 2 heterocycles. The summed E-state index contributed by atoms with van der Waals surface area (Å²) in [5.74, 6) is 0.732. The number of phenols is 1. The van der Waals surface area contributed by atoms with Crippen LogP contribution in [0.25, 0.3) is 11.0 Å². The van der Waals surface area contributed by atoms with Crippen molar-refractivity contribution in [2.24, 2.45) is 5.92 Å². The molecule has 4 N–H and O–H groups in total. The lowest BCUT2D eigenvalue weighted by atomic mass is 9.83. The van der Waals surface area contributed by atoms with Crippen LogP contribution in [0.2, 0.25) is 0 Å². The molecule has 0 bridgehead atoms. The van der Waals surface area contributed by atoms with Crippen LogP contribution in [0.5, 0.6) is 5.75 Å². The molecule has 1 aliphatic rings. The second kappa shape index (κ2) is 10.1. The third-order valence-corrected chi connectivity index (χ3v) is 7.74. The third kappa shape index (κ3) is 5.39. The highest BCUT2D eigenvalue weighted by atomic mass is 32.2. The van der Waals surface area contributed by atoms with Crippen molar-refractivity contribution in [3.63, 3.8) is 0 Å². The molecule has 9 nitrogen and oxygen atoms in total. The van der Waals surface area contributed by atoms with E-state index < -0.39 is 10.0 Å². The van der Waals surface area contributed by atoms with Gasteiger partial charge < -0.3 is 15.5 Å². The van der Waals surface area contributed by atoms with E-state index in [0.29, 0.717) is 22.6 Å². The minimum absolute atomic E-state index is 0.00318. The van der Waals surface area contributed by atoms with E-state index in [0.717, 1.165) is 37.7 Å². The van der Waals surface area contributed by atoms with Gasteiger partial charge in [0.25, 0.3) is 10.0 Å². The highest BCUT2D eigenvalue weighted by molar-refractivity contribution is 7.92. The van der Waals surface area contributed by atoms with Crippen molar-refractivity contribution < 1.29 is 18.6 Å². The quantitative estimate of drug-likeness (QED) is 0.291. The van der Waals surface area contributed by atoms with Gasteiger partial charge in [-0.1, -0.05) is 18.2 Å². The zero-order chi connectivity index (χ0) is 25.1. The Bertz CT molecular complexity index is 1470. The van der Waals surface area contributed by atoms with Gasteiger partial charge in [0.2, 0.25) is 0 Å². The minimum Gasteiger partial charge on any atom is -0.508 e. The Morgan fingerprint density at radius 2 is 1.64 bits per heavy atom. The number of sulfonamides is 1. The summed E-state index contributed by atoms with van der Waals surface area (Å²) >= 11 is 0. The molecule has 0 unspecified atom stereocenters. The van der Waals surface area contributed by atoms with Gasteiger partial charge in [-0.25, -0.2) is 18.4 Å². The molecule has 5 rings (SSSR count). The molecule has 0 radical (unpaired) electrons. The maximum Gasteiger partial charge on any atom is 0.264 e. The van der Waals surface area contributed by atoms with Gasteiger partial charge in [-0.05, 0) is 73.9 Å². The number of aliphatic hydroxyl groups excluding tert-OH is 1. The highest BCUT2D eigenvalue weighted by Crippen LogP contribution is 2.34. The van der Waals surface area contributed by atoms with Crippen LogP contribution >= 0.6 is 0 Å². The maximum absolute atomic E-state index is 13.0. The van der Waals surface area contributed by atoms with E-state index in [-0.39, 0.29) is 28.4 Å². The van der Waals surface area contributed by atoms with Crippen molar-refractivity contribution in [3.05, 3.63) is 72.6 Å². The number of hydrogen-bond donors (Lipinski definition) is 4. The third-order valence-electron chi connectivity index (χ3n) is 6.42. The molecule has 1 fully saturated rings. The Morgan fingerprint density at radius 1 is 0.917 bits per heavy atom. The summed E-state index contributed by atoms with van der Waals surface area (Å²) in [6.07, 6.45) is 6.69. The molecular weight excluding hydrogens is 478 g/mol. The molecule has 0 spiro atoms. The molecule has 2 aromatic heterocycles. The van der Waals surface area contributed by atoms with Crippen molar-refractivity contribution in [2.75, 3.05) is 10.0 Å². The summed E-state index contributed by atoms with van der Waals surface area (Å²) in [4.78, 5) is 13.1. The lowest BCUT2D eigenvalue weighted by Gasteiger charge is -2.26. The van der Waals surface area contributed by atoms with Crippen LogP contribution in [0, 0.1) is 5.92 Å². The minimum atomic E-state index is -3.97. The van der Waals surface area contributed by atoms with Crippen LogP contribution in [0.1, 0.15) is 31.2 Å². The molecule has 0 saturated heterocycles. The zero-order valence-electron chi connectivity index (χ0n) is 19.5. The molecule has 1 saturated carbocycles. The summed E-state index contributed by atoms with van der Waals surface area (Å²) in [6, 6.07) is 15.3. The van der Waals surface area contributed by atoms with Gasteiger partial charge in [-0.2, -0.15) is 0 Å². The first-order valence-corrected chi connectivity index (χ1v) is 13.3. The zero-order valence-corrected chi connectivity index (χ0v) is 20.3. The van der Waals surface area contributed by atoms with E-state index in [9.17, 15) is 18.6 Å². The van der Waals surface area contributed by atoms with Crippen LogP contribution in [0.4, 0.5) is 17.3 Å². The van der Waals surface area contributed by atoms with E-state index >= 15 is 0 Å². The second-order valence-electron chi connectivity index (χ2n) is 9.05. The summed E-state index contributed by atoms with van der Waals surface area (Å²) in [7, 11) is -3.97. The Labute approximate surface area is 209 Å². The van der Waals surface area contributed by atoms with Crippen LogP contribution in [-0.4, -0.2) is 39.7 Å². The van der Waals surface area contributed by atoms with Crippen molar-refractivity contribution in [3.8, 4) is 5.75 Å². The number of aliphatic hydroxyl groups is 1. The number of nitrogens with zero attached hydrogens (tertiary/aromatic N) is 3. The number of anilines is 3. The number of fused-ring (bicyclic) bond motifs is 1. The lowest BCUT2D eigenvalue weighted by Crippen LogP contribution is -2.20. The molecule has 10 heteroatoms. The van der Waals surface area contributed by atoms with Crippen LogP contribution in [0.3, 0.4) is 0 Å². The highest BCUT2D eigenvalue weighted by Gasteiger charge is 2.23. The van der Waals surface area contributed by atoms with Gasteiger partial charge in [0.15, 0.2) is 11.6 Å². The summed E-state index contributed by atoms with van der Waals surface area (Å²) in [5.41, 5.74) is 2.70. The number of aromatic hydroxyl groups is 1. The number of phenolic OH excluding ortho intramolecular Hbond substituents is 1. The average molecular weight is 506 g/mol. The predicted octanol–water partition coefficient (Wildman–Crippen LogP) is 4.37. The predicted molar refractivity (Wildman–Crippen MR) is 138 cm³/mol. The van der Waals surface area contributed by atoms with E-state index in [1.807, 2.05) is 12.1 Å². The monoisotopic (exact) mass is 505 g/mol. The molecule has 0 atom stereocenters. The Kier molecular flexibility index (Phi) is 6.71. The smallest absolute Gasteiger partial charge is 0.264 e. The first kappa shape index (κ1) is 24.0. The maximum atomic E-state index is 13.0. The molecule has 186 valence electrons.